The fraction of sp³-hybridized carbons (Fsp3) is 0.444. The SMILES string of the molecule is CCS(=O)(=O)C1(F)C=CC=CC1C(N)=O. The summed E-state index contributed by atoms with van der Waals surface area (Å²) in [6, 6.07) is 0. The van der Waals surface area contributed by atoms with E-state index in [1.165, 1.54) is 19.1 Å². The van der Waals surface area contributed by atoms with Crippen molar-refractivity contribution in [3.05, 3.63) is 24.3 Å². The highest BCUT2D eigenvalue weighted by atomic mass is 32.2. The third kappa shape index (κ3) is 1.81. The molecular weight excluding hydrogens is 221 g/mol. The summed E-state index contributed by atoms with van der Waals surface area (Å²) in [5, 5.41) is -2.71. The van der Waals surface area contributed by atoms with E-state index in [-0.39, 0.29) is 5.75 Å². The fourth-order valence-electron chi connectivity index (χ4n) is 1.40. The number of rotatable bonds is 3. The average Bonchev–Trinajstić information content (AvgIpc) is 2.17. The minimum Gasteiger partial charge on any atom is -0.369 e. The topological polar surface area (TPSA) is 77.2 Å². The van der Waals surface area contributed by atoms with Crippen molar-refractivity contribution in [1.29, 1.82) is 0 Å². The molecule has 1 amide bonds. The molecule has 0 aromatic heterocycles. The van der Waals surface area contributed by atoms with Crippen molar-refractivity contribution in [3.8, 4) is 0 Å². The van der Waals surface area contributed by atoms with E-state index in [1.54, 1.807) is 0 Å². The number of halogens is 1. The zero-order valence-electron chi connectivity index (χ0n) is 8.18. The van der Waals surface area contributed by atoms with Crippen molar-refractivity contribution in [2.24, 2.45) is 11.7 Å². The number of hydrogen-bond donors (Lipinski definition) is 1. The summed E-state index contributed by atoms with van der Waals surface area (Å²) in [4.78, 5) is 11.0. The van der Waals surface area contributed by atoms with E-state index in [2.05, 4.69) is 0 Å². The second-order valence-corrected chi connectivity index (χ2v) is 5.66. The van der Waals surface area contributed by atoms with Crippen LogP contribution in [0.3, 0.4) is 0 Å². The molecule has 2 unspecified atom stereocenters. The van der Waals surface area contributed by atoms with E-state index >= 15 is 0 Å². The first kappa shape index (κ1) is 11.9. The molecule has 0 saturated carbocycles. The highest BCUT2D eigenvalue weighted by molar-refractivity contribution is 7.92. The maximum atomic E-state index is 14.2. The van der Waals surface area contributed by atoms with Crippen LogP contribution in [0.1, 0.15) is 6.92 Å². The lowest BCUT2D eigenvalue weighted by Crippen LogP contribution is -2.46. The number of hydrogen-bond acceptors (Lipinski definition) is 3. The Balaban J connectivity index is 3.27. The van der Waals surface area contributed by atoms with E-state index in [0.29, 0.717) is 0 Å². The van der Waals surface area contributed by atoms with Crippen molar-refractivity contribution in [2.75, 3.05) is 5.75 Å². The van der Waals surface area contributed by atoms with Crippen LogP contribution in [0.4, 0.5) is 4.39 Å². The van der Waals surface area contributed by atoms with Gasteiger partial charge < -0.3 is 5.73 Å². The number of alkyl halides is 1. The molecule has 0 heterocycles. The number of carbonyl (C=O) groups is 1. The molecule has 0 aromatic rings. The van der Waals surface area contributed by atoms with Gasteiger partial charge >= 0.3 is 0 Å². The average molecular weight is 233 g/mol. The molecule has 0 radical (unpaired) electrons. The maximum Gasteiger partial charge on any atom is 0.244 e. The van der Waals surface area contributed by atoms with Gasteiger partial charge in [-0.2, -0.15) is 0 Å². The number of allylic oxidation sites excluding steroid dienone is 2. The van der Waals surface area contributed by atoms with Gasteiger partial charge in [0.25, 0.3) is 0 Å². The monoisotopic (exact) mass is 233 g/mol. The number of nitrogens with two attached hydrogens (primary N) is 1. The lowest BCUT2D eigenvalue weighted by molar-refractivity contribution is -0.122. The molecule has 84 valence electrons. The molecule has 0 saturated heterocycles. The Labute approximate surface area is 87.6 Å². The predicted octanol–water partition coefficient (Wildman–Crippen LogP) is 0.314. The Morgan fingerprint density at radius 2 is 2.13 bits per heavy atom. The number of sulfone groups is 1. The molecule has 6 heteroatoms. The molecule has 15 heavy (non-hydrogen) atoms. The predicted molar refractivity (Wildman–Crippen MR) is 54.3 cm³/mol. The van der Waals surface area contributed by atoms with E-state index < -0.39 is 26.7 Å². The summed E-state index contributed by atoms with van der Waals surface area (Å²) in [7, 11) is -4.02. The summed E-state index contributed by atoms with van der Waals surface area (Å²) in [5.41, 5.74) is 4.97. The molecule has 1 aliphatic carbocycles. The second-order valence-electron chi connectivity index (χ2n) is 3.23. The molecule has 0 spiro atoms. The van der Waals surface area contributed by atoms with Crippen LogP contribution in [-0.2, 0) is 14.6 Å². The summed E-state index contributed by atoms with van der Waals surface area (Å²) in [5.74, 6) is -2.83. The number of carbonyl (C=O) groups excluding carboxylic acids is 1. The lowest BCUT2D eigenvalue weighted by atomic mass is 9.98. The summed E-state index contributed by atoms with van der Waals surface area (Å²) >= 11 is 0. The largest absolute Gasteiger partial charge is 0.369 e. The van der Waals surface area contributed by atoms with E-state index in [4.69, 9.17) is 5.73 Å². The molecular formula is C9H12FNO3S. The van der Waals surface area contributed by atoms with Gasteiger partial charge in [0.2, 0.25) is 10.9 Å². The van der Waals surface area contributed by atoms with Crippen LogP contribution in [-0.4, -0.2) is 25.1 Å². The van der Waals surface area contributed by atoms with Gasteiger partial charge in [-0.15, -0.1) is 0 Å². The van der Waals surface area contributed by atoms with E-state index in [9.17, 15) is 17.6 Å². The van der Waals surface area contributed by atoms with Gasteiger partial charge in [-0.3, -0.25) is 4.79 Å². The molecule has 2 N–H and O–H groups in total. The Morgan fingerprint density at radius 3 is 2.60 bits per heavy atom. The molecule has 2 atom stereocenters. The van der Waals surface area contributed by atoms with Gasteiger partial charge in [0, 0.05) is 0 Å². The first-order valence-electron chi connectivity index (χ1n) is 4.41. The zero-order valence-corrected chi connectivity index (χ0v) is 9.00. The third-order valence-electron chi connectivity index (χ3n) is 2.33. The van der Waals surface area contributed by atoms with E-state index in [0.717, 1.165) is 12.2 Å². The quantitative estimate of drug-likeness (QED) is 0.762. The lowest BCUT2D eigenvalue weighted by Gasteiger charge is -2.28. The molecule has 0 aliphatic heterocycles. The van der Waals surface area contributed by atoms with Crippen molar-refractivity contribution >= 4 is 15.7 Å². The Bertz CT molecular complexity index is 427. The third-order valence-corrected chi connectivity index (χ3v) is 4.43. The maximum absolute atomic E-state index is 14.2. The first-order valence-corrected chi connectivity index (χ1v) is 6.07. The Morgan fingerprint density at radius 1 is 1.53 bits per heavy atom. The van der Waals surface area contributed by atoms with Crippen molar-refractivity contribution in [2.45, 2.75) is 11.9 Å². The molecule has 0 aromatic carbocycles. The van der Waals surface area contributed by atoms with Crippen LogP contribution in [0, 0.1) is 5.92 Å². The summed E-state index contributed by atoms with van der Waals surface area (Å²) in [6.07, 6.45) is 4.68. The van der Waals surface area contributed by atoms with Crippen LogP contribution in [0.2, 0.25) is 0 Å². The highest BCUT2D eigenvalue weighted by Gasteiger charge is 2.50. The van der Waals surface area contributed by atoms with Gasteiger partial charge in [0.05, 0.1) is 5.75 Å². The summed E-state index contributed by atoms with van der Waals surface area (Å²) in [6.45, 7) is 1.32. The smallest absolute Gasteiger partial charge is 0.244 e. The van der Waals surface area contributed by atoms with Crippen molar-refractivity contribution in [3.63, 3.8) is 0 Å². The normalized spacial score (nSPS) is 30.4. The van der Waals surface area contributed by atoms with Gasteiger partial charge in [0.15, 0.2) is 9.84 Å². The first-order chi connectivity index (χ1) is 6.85. The fourth-order valence-corrected chi connectivity index (χ4v) is 2.71. The van der Waals surface area contributed by atoms with Crippen LogP contribution >= 0.6 is 0 Å². The summed E-state index contributed by atoms with van der Waals surface area (Å²) < 4.78 is 37.3. The van der Waals surface area contributed by atoms with Gasteiger partial charge in [0.1, 0.15) is 5.92 Å². The van der Waals surface area contributed by atoms with Crippen LogP contribution in [0.5, 0.6) is 0 Å². The molecule has 4 nitrogen and oxygen atoms in total. The number of amides is 1. The van der Waals surface area contributed by atoms with Crippen LogP contribution < -0.4 is 5.73 Å². The van der Waals surface area contributed by atoms with Gasteiger partial charge in [-0.05, 0) is 6.08 Å². The molecule has 1 rings (SSSR count). The second kappa shape index (κ2) is 3.77. The zero-order chi connectivity index (χ0) is 11.7. The standard InChI is InChI=1S/C9H12FNO3S/c1-2-15(13,14)9(10)6-4-3-5-7(9)8(11)12/h3-7H,2H2,1H3,(H2,11,12). The molecule has 1 aliphatic rings. The molecule has 0 fully saturated rings. The number of primary amides is 1. The highest BCUT2D eigenvalue weighted by Crippen LogP contribution is 2.34. The van der Waals surface area contributed by atoms with Crippen LogP contribution in [0.15, 0.2) is 24.3 Å². The van der Waals surface area contributed by atoms with Gasteiger partial charge in [-0.25, -0.2) is 12.8 Å². The minimum absolute atomic E-state index is 0.383. The van der Waals surface area contributed by atoms with Gasteiger partial charge in [-0.1, -0.05) is 25.2 Å². The minimum atomic E-state index is -4.02. The Hall–Kier alpha value is -1.17. The Kier molecular flexibility index (Phi) is 2.99. The van der Waals surface area contributed by atoms with E-state index in [1.807, 2.05) is 0 Å². The van der Waals surface area contributed by atoms with Crippen molar-refractivity contribution < 1.29 is 17.6 Å². The molecule has 0 bridgehead atoms. The van der Waals surface area contributed by atoms with Crippen LogP contribution in [0.25, 0.3) is 0 Å². The van der Waals surface area contributed by atoms with Crippen molar-refractivity contribution in [1.82, 2.24) is 0 Å².